The maximum atomic E-state index is 13.3. The van der Waals surface area contributed by atoms with E-state index < -0.39 is 0 Å². The van der Waals surface area contributed by atoms with Crippen molar-refractivity contribution in [3.05, 3.63) is 64.4 Å². The van der Waals surface area contributed by atoms with E-state index in [4.69, 9.17) is 9.40 Å². The lowest BCUT2D eigenvalue weighted by atomic mass is 10.1. The van der Waals surface area contributed by atoms with Crippen LogP contribution in [0.2, 0.25) is 0 Å². The molecule has 1 saturated heterocycles. The zero-order valence-corrected chi connectivity index (χ0v) is 16.7. The minimum Gasteiger partial charge on any atom is -0.446 e. The van der Waals surface area contributed by atoms with Crippen LogP contribution in [0.1, 0.15) is 37.2 Å². The van der Waals surface area contributed by atoms with Gasteiger partial charge in [0.15, 0.2) is 0 Å². The quantitative estimate of drug-likeness (QED) is 0.658. The van der Waals surface area contributed by atoms with Gasteiger partial charge in [0.05, 0.1) is 18.8 Å². The molecule has 4 rings (SSSR count). The van der Waals surface area contributed by atoms with E-state index in [0.29, 0.717) is 17.6 Å². The summed E-state index contributed by atoms with van der Waals surface area (Å²) in [5.41, 5.74) is 1.52. The Labute approximate surface area is 165 Å². The predicted molar refractivity (Wildman–Crippen MR) is 111 cm³/mol. The molecule has 3 aromatic rings. The number of likely N-dealkylation sites (N-methyl/N-ethyl adjacent to an activating group) is 1. The zero-order valence-electron chi connectivity index (χ0n) is 16.7. The topological polar surface area (TPSA) is 54.5 Å². The summed E-state index contributed by atoms with van der Waals surface area (Å²) in [4.78, 5) is 23.0. The highest BCUT2D eigenvalue weighted by molar-refractivity contribution is 5.71. The molecule has 0 amide bonds. The van der Waals surface area contributed by atoms with Gasteiger partial charge in [-0.15, -0.1) is 0 Å². The van der Waals surface area contributed by atoms with Crippen LogP contribution in [-0.2, 0) is 6.54 Å². The van der Waals surface area contributed by atoms with Crippen LogP contribution < -0.4 is 5.56 Å². The number of hydrogen-bond donors (Lipinski definition) is 0. The van der Waals surface area contributed by atoms with Gasteiger partial charge < -0.3 is 9.32 Å². The van der Waals surface area contributed by atoms with Gasteiger partial charge in [0.25, 0.3) is 5.56 Å². The number of aromatic nitrogens is 2. The maximum Gasteiger partial charge on any atom is 0.265 e. The van der Waals surface area contributed by atoms with Gasteiger partial charge in [-0.1, -0.05) is 43.7 Å². The summed E-state index contributed by atoms with van der Waals surface area (Å²) in [6.07, 6.45) is 3.56. The van der Waals surface area contributed by atoms with Crippen molar-refractivity contribution in [2.45, 2.75) is 32.4 Å². The molecule has 6 nitrogen and oxygen atoms in total. The first kappa shape index (κ1) is 18.9. The minimum absolute atomic E-state index is 0.0205. The summed E-state index contributed by atoms with van der Waals surface area (Å²) in [7, 11) is 2.16. The SMILES string of the molecule is CCCC(c1nc2occc2c(=O)n1Cc1ccccc1)N1CCN(C)CC1. The van der Waals surface area contributed by atoms with Gasteiger partial charge in [-0.25, -0.2) is 0 Å². The molecule has 1 aliphatic heterocycles. The Kier molecular flexibility index (Phi) is 5.59. The molecule has 1 atom stereocenters. The van der Waals surface area contributed by atoms with E-state index in [1.54, 1.807) is 12.3 Å². The van der Waals surface area contributed by atoms with Gasteiger partial charge in [-0.3, -0.25) is 14.3 Å². The van der Waals surface area contributed by atoms with E-state index in [9.17, 15) is 4.79 Å². The first-order valence-electron chi connectivity index (χ1n) is 10.1. The molecule has 2 aromatic heterocycles. The normalized spacial score (nSPS) is 17.2. The van der Waals surface area contributed by atoms with E-state index >= 15 is 0 Å². The van der Waals surface area contributed by atoms with Crippen LogP contribution in [0.4, 0.5) is 0 Å². The lowest BCUT2D eigenvalue weighted by Gasteiger charge is -2.38. The molecule has 0 bridgehead atoms. The third-order valence-corrected chi connectivity index (χ3v) is 5.64. The molecular formula is C22H28N4O2. The highest BCUT2D eigenvalue weighted by Crippen LogP contribution is 2.27. The number of rotatable bonds is 6. The Hall–Kier alpha value is -2.44. The number of benzene rings is 1. The van der Waals surface area contributed by atoms with Crippen LogP contribution in [0.25, 0.3) is 11.1 Å². The van der Waals surface area contributed by atoms with Gasteiger partial charge in [0.1, 0.15) is 11.2 Å². The second-order valence-electron chi connectivity index (χ2n) is 7.63. The van der Waals surface area contributed by atoms with Crippen LogP contribution >= 0.6 is 0 Å². The Morgan fingerprint density at radius 3 is 2.57 bits per heavy atom. The highest BCUT2D eigenvalue weighted by Gasteiger charge is 2.28. The van der Waals surface area contributed by atoms with Gasteiger partial charge in [0, 0.05) is 26.2 Å². The monoisotopic (exact) mass is 380 g/mol. The summed E-state index contributed by atoms with van der Waals surface area (Å²) >= 11 is 0. The summed E-state index contributed by atoms with van der Waals surface area (Å²) in [5, 5.41) is 0.549. The molecule has 0 aliphatic carbocycles. The van der Waals surface area contributed by atoms with Crippen LogP contribution in [0.5, 0.6) is 0 Å². The smallest absolute Gasteiger partial charge is 0.265 e. The Bertz CT molecular complexity index is 971. The molecule has 28 heavy (non-hydrogen) atoms. The van der Waals surface area contributed by atoms with Crippen molar-refractivity contribution in [3.63, 3.8) is 0 Å². The third-order valence-electron chi connectivity index (χ3n) is 5.64. The predicted octanol–water partition coefficient (Wildman–Crippen LogP) is 3.13. The molecule has 6 heteroatoms. The number of fused-ring (bicyclic) bond motifs is 1. The van der Waals surface area contributed by atoms with Gasteiger partial charge in [-0.05, 0) is 25.1 Å². The van der Waals surface area contributed by atoms with Gasteiger partial charge >= 0.3 is 0 Å². The lowest BCUT2D eigenvalue weighted by molar-refractivity contribution is 0.0995. The fourth-order valence-corrected chi connectivity index (χ4v) is 4.02. The highest BCUT2D eigenvalue weighted by atomic mass is 16.3. The van der Waals surface area contributed by atoms with Crippen LogP contribution in [0.3, 0.4) is 0 Å². The first-order chi connectivity index (χ1) is 13.7. The first-order valence-corrected chi connectivity index (χ1v) is 10.1. The summed E-state index contributed by atoms with van der Waals surface area (Å²) in [5.74, 6) is 0.822. The van der Waals surface area contributed by atoms with Crippen LogP contribution in [0.15, 0.2) is 51.9 Å². The molecule has 1 aromatic carbocycles. The average Bonchev–Trinajstić information content (AvgIpc) is 3.19. The fourth-order valence-electron chi connectivity index (χ4n) is 4.02. The summed E-state index contributed by atoms with van der Waals surface area (Å²) in [6.45, 7) is 6.75. The van der Waals surface area contributed by atoms with E-state index in [0.717, 1.165) is 50.4 Å². The van der Waals surface area contributed by atoms with Crippen LogP contribution in [-0.4, -0.2) is 52.6 Å². The molecule has 1 fully saturated rings. The molecule has 0 radical (unpaired) electrons. The van der Waals surface area contributed by atoms with E-state index in [1.165, 1.54) is 0 Å². The number of hydrogen-bond acceptors (Lipinski definition) is 5. The molecule has 1 unspecified atom stereocenters. The van der Waals surface area contributed by atoms with E-state index in [1.807, 2.05) is 22.8 Å². The molecule has 3 heterocycles. The van der Waals surface area contributed by atoms with Crippen molar-refractivity contribution in [2.24, 2.45) is 0 Å². The van der Waals surface area contributed by atoms with Crippen LogP contribution in [0, 0.1) is 0 Å². The summed E-state index contributed by atoms with van der Waals surface area (Å²) < 4.78 is 7.38. The largest absolute Gasteiger partial charge is 0.446 e. The lowest BCUT2D eigenvalue weighted by Crippen LogP contribution is -2.47. The number of nitrogens with zero attached hydrogens (tertiary/aromatic N) is 4. The molecule has 0 N–H and O–H groups in total. The Morgan fingerprint density at radius 1 is 1.11 bits per heavy atom. The molecule has 0 spiro atoms. The fraction of sp³-hybridized carbons (Fsp3) is 0.455. The second-order valence-corrected chi connectivity index (χ2v) is 7.63. The van der Waals surface area contributed by atoms with Crippen molar-refractivity contribution in [1.82, 2.24) is 19.4 Å². The Balaban J connectivity index is 1.80. The van der Waals surface area contributed by atoms with Crippen molar-refractivity contribution in [2.75, 3.05) is 33.2 Å². The number of furan rings is 1. The van der Waals surface area contributed by atoms with Crippen molar-refractivity contribution < 1.29 is 4.42 Å². The van der Waals surface area contributed by atoms with Gasteiger partial charge in [-0.2, -0.15) is 4.98 Å². The second kappa shape index (κ2) is 8.29. The Morgan fingerprint density at radius 2 is 1.86 bits per heavy atom. The molecule has 148 valence electrons. The van der Waals surface area contributed by atoms with Gasteiger partial charge in [0.2, 0.25) is 5.71 Å². The minimum atomic E-state index is -0.0205. The van der Waals surface area contributed by atoms with Crippen molar-refractivity contribution in [1.29, 1.82) is 0 Å². The van der Waals surface area contributed by atoms with Crippen molar-refractivity contribution in [3.8, 4) is 0 Å². The van der Waals surface area contributed by atoms with E-state index in [2.05, 4.69) is 35.9 Å². The van der Waals surface area contributed by atoms with Crippen molar-refractivity contribution >= 4 is 11.1 Å². The zero-order chi connectivity index (χ0) is 19.5. The summed E-state index contributed by atoms with van der Waals surface area (Å²) in [6, 6.07) is 12.0. The molecule has 0 saturated carbocycles. The average molecular weight is 380 g/mol. The standard InChI is InChI=1S/C22H28N4O2/c1-3-7-19(25-13-11-24(2)12-14-25)20-23-21-18(10-15-28-21)22(27)26(20)16-17-8-5-4-6-9-17/h4-6,8-10,15,19H,3,7,11-14,16H2,1-2H3. The maximum absolute atomic E-state index is 13.3. The molecule has 1 aliphatic rings. The molecular weight excluding hydrogens is 352 g/mol. The third kappa shape index (κ3) is 3.75. The number of piperazine rings is 1. The van der Waals surface area contributed by atoms with E-state index in [-0.39, 0.29) is 11.6 Å².